The van der Waals surface area contributed by atoms with E-state index in [1.165, 1.54) is 6.07 Å². The van der Waals surface area contributed by atoms with Gasteiger partial charge in [0.15, 0.2) is 0 Å². The van der Waals surface area contributed by atoms with E-state index >= 15 is 0 Å². The Morgan fingerprint density at radius 2 is 2.00 bits per heavy atom. The van der Waals surface area contributed by atoms with Crippen molar-refractivity contribution in [2.75, 3.05) is 7.11 Å². The van der Waals surface area contributed by atoms with Gasteiger partial charge in [-0.1, -0.05) is 49.4 Å². The van der Waals surface area contributed by atoms with Crippen LogP contribution in [0.4, 0.5) is 0 Å². The van der Waals surface area contributed by atoms with Gasteiger partial charge in [-0.05, 0) is 31.1 Å². The molecule has 0 amide bonds. The van der Waals surface area contributed by atoms with Crippen LogP contribution in [0.5, 0.6) is 5.75 Å². The van der Waals surface area contributed by atoms with Crippen molar-refractivity contribution in [3.8, 4) is 5.75 Å². The van der Waals surface area contributed by atoms with E-state index in [1.807, 2.05) is 62.4 Å². The molecule has 1 aromatic heterocycles. The predicted molar refractivity (Wildman–Crippen MR) is 102 cm³/mol. The summed E-state index contributed by atoms with van der Waals surface area (Å²) >= 11 is 0. The Hall–Kier alpha value is -2.59. The van der Waals surface area contributed by atoms with Crippen molar-refractivity contribution in [2.24, 2.45) is 0 Å². The Morgan fingerprint density at radius 1 is 1.24 bits per heavy atom. The smallest absolute Gasteiger partial charge is 0.258 e. The summed E-state index contributed by atoms with van der Waals surface area (Å²) < 4.78 is 12.5. The quantitative estimate of drug-likeness (QED) is 0.674. The number of pyridine rings is 1. The van der Waals surface area contributed by atoms with E-state index < -0.39 is 0 Å². The number of aromatic nitrogens is 1. The molecule has 2 aromatic rings. The van der Waals surface area contributed by atoms with Crippen LogP contribution in [0.2, 0.25) is 0 Å². The van der Waals surface area contributed by atoms with Gasteiger partial charge in [0.05, 0.1) is 6.10 Å². The van der Waals surface area contributed by atoms with Gasteiger partial charge in [0, 0.05) is 25.1 Å². The standard InChI is InChI=1S/C21H25NO3/c1-4-8-19(12-11-17(2)24-3)22-14-13-20(15-21(22)23)25-16-18-9-6-5-7-10-18/h5-15,17H,4,16H2,1-3H3/b12-11-,19-8+. The normalized spacial score (nSPS) is 13.2. The van der Waals surface area contributed by atoms with Gasteiger partial charge in [-0.3, -0.25) is 9.36 Å². The molecule has 1 aromatic carbocycles. The first-order valence-corrected chi connectivity index (χ1v) is 8.45. The second-order valence-corrected chi connectivity index (χ2v) is 5.68. The summed E-state index contributed by atoms with van der Waals surface area (Å²) in [6, 6.07) is 13.2. The molecule has 4 nitrogen and oxygen atoms in total. The number of hydrogen-bond acceptors (Lipinski definition) is 3. The third-order valence-electron chi connectivity index (χ3n) is 3.74. The highest BCUT2D eigenvalue weighted by Crippen LogP contribution is 2.13. The molecule has 0 saturated heterocycles. The van der Waals surface area contributed by atoms with E-state index in [2.05, 4.69) is 0 Å². The second-order valence-electron chi connectivity index (χ2n) is 5.68. The topological polar surface area (TPSA) is 40.5 Å². The third kappa shape index (κ3) is 5.76. The number of benzene rings is 1. The Balaban J connectivity index is 2.15. The van der Waals surface area contributed by atoms with Gasteiger partial charge in [-0.2, -0.15) is 0 Å². The minimum absolute atomic E-state index is 0.00978. The highest BCUT2D eigenvalue weighted by Gasteiger charge is 2.04. The fourth-order valence-corrected chi connectivity index (χ4v) is 2.27. The first-order chi connectivity index (χ1) is 12.1. The van der Waals surface area contributed by atoms with Crippen LogP contribution in [-0.4, -0.2) is 17.8 Å². The van der Waals surface area contributed by atoms with Gasteiger partial charge >= 0.3 is 0 Å². The molecule has 1 atom stereocenters. The number of rotatable bonds is 8. The van der Waals surface area contributed by atoms with Gasteiger partial charge in [0.2, 0.25) is 0 Å². The average Bonchev–Trinajstić information content (AvgIpc) is 2.64. The van der Waals surface area contributed by atoms with E-state index in [0.717, 1.165) is 17.7 Å². The van der Waals surface area contributed by atoms with Crippen LogP contribution in [0, 0.1) is 0 Å². The van der Waals surface area contributed by atoms with E-state index in [0.29, 0.717) is 12.4 Å². The Bertz CT molecular complexity index is 775. The summed E-state index contributed by atoms with van der Waals surface area (Å²) in [5.74, 6) is 0.565. The minimum Gasteiger partial charge on any atom is -0.489 e. The van der Waals surface area contributed by atoms with Crippen LogP contribution >= 0.6 is 0 Å². The molecule has 2 rings (SSSR count). The molecule has 0 aliphatic carbocycles. The van der Waals surface area contributed by atoms with Crippen LogP contribution in [0.3, 0.4) is 0 Å². The van der Waals surface area contributed by atoms with Gasteiger partial charge in [-0.25, -0.2) is 0 Å². The van der Waals surface area contributed by atoms with Crippen LogP contribution in [0.15, 0.2) is 71.7 Å². The molecule has 0 N–H and O–H groups in total. The molecule has 0 aliphatic heterocycles. The van der Waals surface area contributed by atoms with E-state index in [9.17, 15) is 4.79 Å². The maximum Gasteiger partial charge on any atom is 0.258 e. The summed E-state index contributed by atoms with van der Waals surface area (Å²) in [7, 11) is 1.66. The second kappa shape index (κ2) is 9.64. The summed E-state index contributed by atoms with van der Waals surface area (Å²) in [6.07, 6.45) is 8.40. The number of nitrogens with zero attached hydrogens (tertiary/aromatic N) is 1. The van der Waals surface area contributed by atoms with Gasteiger partial charge in [-0.15, -0.1) is 0 Å². The molecular formula is C21H25NO3. The molecular weight excluding hydrogens is 314 g/mol. The molecule has 0 bridgehead atoms. The molecule has 0 fully saturated rings. The molecule has 1 unspecified atom stereocenters. The monoisotopic (exact) mass is 339 g/mol. The maximum absolute atomic E-state index is 12.5. The lowest BCUT2D eigenvalue weighted by atomic mass is 10.2. The van der Waals surface area contributed by atoms with Crippen LogP contribution in [-0.2, 0) is 11.3 Å². The molecule has 132 valence electrons. The summed E-state index contributed by atoms with van der Waals surface area (Å²) in [5, 5.41) is 0. The lowest BCUT2D eigenvalue weighted by molar-refractivity contribution is 0.156. The Morgan fingerprint density at radius 3 is 2.64 bits per heavy atom. The first kappa shape index (κ1) is 18.7. The van der Waals surface area contributed by atoms with Gasteiger partial charge < -0.3 is 9.47 Å². The predicted octanol–water partition coefficient (Wildman–Crippen LogP) is 4.27. The van der Waals surface area contributed by atoms with Crippen molar-refractivity contribution < 1.29 is 9.47 Å². The van der Waals surface area contributed by atoms with Crippen LogP contribution < -0.4 is 10.3 Å². The highest BCUT2D eigenvalue weighted by molar-refractivity contribution is 5.57. The zero-order chi connectivity index (χ0) is 18.1. The summed E-state index contributed by atoms with van der Waals surface area (Å²) in [5.41, 5.74) is 1.76. The van der Waals surface area contributed by atoms with Crippen molar-refractivity contribution in [1.82, 2.24) is 4.57 Å². The zero-order valence-electron chi connectivity index (χ0n) is 15.0. The first-order valence-electron chi connectivity index (χ1n) is 8.45. The lowest BCUT2D eigenvalue weighted by Gasteiger charge is -2.10. The highest BCUT2D eigenvalue weighted by atomic mass is 16.5. The van der Waals surface area contributed by atoms with Gasteiger partial charge in [0.25, 0.3) is 5.56 Å². The molecule has 25 heavy (non-hydrogen) atoms. The molecule has 0 spiro atoms. The molecule has 4 heteroatoms. The summed E-state index contributed by atoms with van der Waals surface area (Å²) in [6.45, 7) is 4.42. The van der Waals surface area contributed by atoms with E-state index in [1.54, 1.807) is 23.9 Å². The van der Waals surface area contributed by atoms with Crippen molar-refractivity contribution >= 4 is 5.70 Å². The Labute approximate surface area is 149 Å². The third-order valence-corrected chi connectivity index (χ3v) is 3.74. The number of methoxy groups -OCH3 is 1. The van der Waals surface area contributed by atoms with Crippen molar-refractivity contribution in [1.29, 1.82) is 0 Å². The number of allylic oxidation sites excluding steroid dienone is 3. The fourth-order valence-electron chi connectivity index (χ4n) is 2.27. The van der Waals surface area contributed by atoms with Crippen molar-refractivity contribution in [3.05, 3.63) is 82.8 Å². The van der Waals surface area contributed by atoms with Crippen molar-refractivity contribution in [2.45, 2.75) is 33.0 Å². The largest absolute Gasteiger partial charge is 0.489 e. The zero-order valence-corrected chi connectivity index (χ0v) is 15.0. The molecule has 0 aliphatic rings. The maximum atomic E-state index is 12.5. The summed E-state index contributed by atoms with van der Waals surface area (Å²) in [4.78, 5) is 12.5. The average molecular weight is 339 g/mol. The fraction of sp³-hybridized carbons (Fsp3) is 0.286. The molecule has 1 heterocycles. The lowest BCUT2D eigenvalue weighted by Crippen LogP contribution is -2.17. The molecule has 0 saturated carbocycles. The van der Waals surface area contributed by atoms with Crippen molar-refractivity contribution in [3.63, 3.8) is 0 Å². The SMILES string of the molecule is CC/C=C(\C=C/C(C)OC)n1ccc(OCc2ccccc2)cc1=O. The Kier molecular flexibility index (Phi) is 7.23. The van der Waals surface area contributed by atoms with Crippen LogP contribution in [0.1, 0.15) is 25.8 Å². The minimum atomic E-state index is -0.125. The van der Waals surface area contributed by atoms with E-state index in [-0.39, 0.29) is 11.7 Å². The van der Waals surface area contributed by atoms with Crippen LogP contribution in [0.25, 0.3) is 5.70 Å². The number of ether oxygens (including phenoxy) is 2. The number of hydrogen-bond donors (Lipinski definition) is 0. The van der Waals surface area contributed by atoms with E-state index in [4.69, 9.17) is 9.47 Å². The molecule has 0 radical (unpaired) electrons. The van der Waals surface area contributed by atoms with Gasteiger partial charge in [0.1, 0.15) is 12.4 Å².